The largest absolute Gasteiger partial charge is 0.368 e. The van der Waals surface area contributed by atoms with E-state index in [1.807, 2.05) is 24.3 Å². The lowest BCUT2D eigenvalue weighted by Gasteiger charge is -2.34. The first-order valence-electron chi connectivity index (χ1n) is 7.79. The molecule has 1 heterocycles. The van der Waals surface area contributed by atoms with E-state index in [0.29, 0.717) is 18.7 Å². The zero-order valence-corrected chi connectivity index (χ0v) is 14.1. The van der Waals surface area contributed by atoms with Gasteiger partial charge in [-0.3, -0.25) is 14.5 Å². The molecule has 5 nitrogen and oxygen atoms in total. The highest BCUT2D eigenvalue weighted by Crippen LogP contribution is 2.23. The number of carbonyl (C=O) groups excluding carboxylic acids is 2. The van der Waals surface area contributed by atoms with Gasteiger partial charge < -0.3 is 11.1 Å². The molecular formula is C18H17ClFN3O2. The van der Waals surface area contributed by atoms with E-state index in [2.05, 4.69) is 5.32 Å². The monoisotopic (exact) mass is 361 g/mol. The fourth-order valence-electron chi connectivity index (χ4n) is 2.98. The summed E-state index contributed by atoms with van der Waals surface area (Å²) in [5.41, 5.74) is 8.03. The minimum atomic E-state index is -0.555. The van der Waals surface area contributed by atoms with Crippen LogP contribution in [-0.4, -0.2) is 29.3 Å². The number of halogens is 2. The summed E-state index contributed by atoms with van der Waals surface area (Å²) in [6.07, 6.45) is 0.473. The van der Waals surface area contributed by atoms with Gasteiger partial charge >= 0.3 is 0 Å². The van der Waals surface area contributed by atoms with Gasteiger partial charge in [-0.2, -0.15) is 0 Å². The summed E-state index contributed by atoms with van der Waals surface area (Å²) < 4.78 is 13.2. The summed E-state index contributed by atoms with van der Waals surface area (Å²) in [4.78, 5) is 25.8. The number of hydrogen-bond acceptors (Lipinski definition) is 3. The minimum absolute atomic E-state index is 0.00304. The van der Waals surface area contributed by atoms with Crippen molar-refractivity contribution in [2.24, 2.45) is 5.73 Å². The van der Waals surface area contributed by atoms with Crippen molar-refractivity contribution in [3.63, 3.8) is 0 Å². The van der Waals surface area contributed by atoms with E-state index in [4.69, 9.17) is 17.3 Å². The standard InChI is InChI=1S/C18H17ClFN3O2/c19-14-8-13(5-6-15(14)20)22-17(24)10-23-9-12-4-2-1-3-11(12)7-16(23)18(21)25/h1-6,8,16H,7,9-10H2,(H2,21,25)(H,22,24). The molecule has 0 spiro atoms. The van der Waals surface area contributed by atoms with Crippen molar-refractivity contribution in [1.29, 1.82) is 0 Å². The fourth-order valence-corrected chi connectivity index (χ4v) is 3.16. The Kier molecular flexibility index (Phi) is 5.01. The van der Waals surface area contributed by atoms with Gasteiger partial charge in [-0.25, -0.2) is 4.39 Å². The lowest BCUT2D eigenvalue weighted by atomic mass is 9.93. The molecule has 7 heteroatoms. The number of nitrogens with zero attached hydrogens (tertiary/aromatic N) is 1. The van der Waals surface area contributed by atoms with Gasteiger partial charge in [-0.15, -0.1) is 0 Å². The zero-order chi connectivity index (χ0) is 18.0. The Hall–Kier alpha value is -2.44. The Bertz CT molecular complexity index is 828. The molecule has 0 bridgehead atoms. The highest BCUT2D eigenvalue weighted by molar-refractivity contribution is 6.31. The van der Waals surface area contributed by atoms with Crippen molar-refractivity contribution in [1.82, 2.24) is 4.90 Å². The minimum Gasteiger partial charge on any atom is -0.368 e. The number of anilines is 1. The molecule has 1 atom stereocenters. The van der Waals surface area contributed by atoms with Crippen LogP contribution >= 0.6 is 11.6 Å². The van der Waals surface area contributed by atoms with E-state index >= 15 is 0 Å². The molecule has 3 N–H and O–H groups in total. The van der Waals surface area contributed by atoms with Crippen LogP contribution in [0.5, 0.6) is 0 Å². The normalized spacial score (nSPS) is 17.0. The van der Waals surface area contributed by atoms with E-state index in [-0.39, 0.29) is 17.5 Å². The van der Waals surface area contributed by atoms with Crippen LogP contribution < -0.4 is 11.1 Å². The van der Waals surface area contributed by atoms with Gasteiger partial charge in [0.15, 0.2) is 0 Å². The summed E-state index contributed by atoms with van der Waals surface area (Å²) in [5, 5.41) is 2.59. The molecule has 0 aliphatic carbocycles. The molecule has 0 radical (unpaired) electrons. The lowest BCUT2D eigenvalue weighted by molar-refractivity contribution is -0.125. The van der Waals surface area contributed by atoms with E-state index in [0.717, 1.165) is 11.1 Å². The Balaban J connectivity index is 1.72. The highest BCUT2D eigenvalue weighted by Gasteiger charge is 2.31. The number of nitrogens with one attached hydrogen (secondary N) is 1. The number of nitrogens with two attached hydrogens (primary N) is 1. The van der Waals surface area contributed by atoms with Crippen molar-refractivity contribution < 1.29 is 14.0 Å². The highest BCUT2D eigenvalue weighted by atomic mass is 35.5. The molecule has 1 unspecified atom stereocenters. The maximum atomic E-state index is 13.2. The number of rotatable bonds is 4. The number of carbonyl (C=O) groups is 2. The number of benzene rings is 2. The SMILES string of the molecule is NC(=O)C1Cc2ccccc2CN1CC(=O)Nc1ccc(F)c(Cl)c1. The number of primary amides is 1. The molecule has 3 rings (SSSR count). The maximum absolute atomic E-state index is 13.2. The first-order chi connectivity index (χ1) is 11.9. The van der Waals surface area contributed by atoms with Crippen molar-refractivity contribution >= 4 is 29.1 Å². The van der Waals surface area contributed by atoms with Gasteiger partial charge in [0, 0.05) is 12.2 Å². The van der Waals surface area contributed by atoms with Gasteiger partial charge in [-0.05, 0) is 35.7 Å². The third-order valence-corrected chi connectivity index (χ3v) is 4.51. The first-order valence-corrected chi connectivity index (χ1v) is 8.17. The molecule has 1 aliphatic heterocycles. The summed E-state index contributed by atoms with van der Waals surface area (Å²) in [6, 6.07) is 11.2. The second kappa shape index (κ2) is 7.21. The van der Waals surface area contributed by atoms with Crippen molar-refractivity contribution in [3.8, 4) is 0 Å². The van der Waals surface area contributed by atoms with Gasteiger partial charge in [0.05, 0.1) is 17.6 Å². The predicted molar refractivity (Wildman–Crippen MR) is 93.6 cm³/mol. The zero-order valence-electron chi connectivity index (χ0n) is 13.3. The summed E-state index contributed by atoms with van der Waals surface area (Å²) >= 11 is 5.71. The summed E-state index contributed by atoms with van der Waals surface area (Å²) in [6.45, 7) is 0.457. The molecule has 2 aromatic carbocycles. The van der Waals surface area contributed by atoms with Gasteiger partial charge in [0.1, 0.15) is 5.82 Å². The van der Waals surface area contributed by atoms with E-state index in [1.54, 1.807) is 4.90 Å². The molecule has 2 aromatic rings. The van der Waals surface area contributed by atoms with Crippen LogP contribution in [-0.2, 0) is 22.6 Å². The fraction of sp³-hybridized carbons (Fsp3) is 0.222. The van der Waals surface area contributed by atoms with Crippen LogP contribution in [0.2, 0.25) is 5.02 Å². The second-order valence-electron chi connectivity index (χ2n) is 5.97. The van der Waals surface area contributed by atoms with Gasteiger partial charge in [0.25, 0.3) is 0 Å². The van der Waals surface area contributed by atoms with Crippen LogP contribution in [0.3, 0.4) is 0 Å². The van der Waals surface area contributed by atoms with Crippen LogP contribution in [0, 0.1) is 5.82 Å². The van der Waals surface area contributed by atoms with Crippen LogP contribution in [0.25, 0.3) is 0 Å². The molecule has 2 amide bonds. The Morgan fingerprint density at radius 1 is 1.24 bits per heavy atom. The number of fused-ring (bicyclic) bond motifs is 1. The third kappa shape index (κ3) is 3.97. The van der Waals surface area contributed by atoms with Crippen molar-refractivity contribution in [2.75, 3.05) is 11.9 Å². The van der Waals surface area contributed by atoms with Crippen LogP contribution in [0.15, 0.2) is 42.5 Å². The third-order valence-electron chi connectivity index (χ3n) is 4.22. The Labute approximate surface area is 149 Å². The molecular weight excluding hydrogens is 345 g/mol. The molecule has 25 heavy (non-hydrogen) atoms. The van der Waals surface area contributed by atoms with Gasteiger partial charge in [0.2, 0.25) is 11.8 Å². The van der Waals surface area contributed by atoms with Crippen LogP contribution in [0.4, 0.5) is 10.1 Å². The Morgan fingerprint density at radius 3 is 2.64 bits per heavy atom. The van der Waals surface area contributed by atoms with Gasteiger partial charge in [-0.1, -0.05) is 35.9 Å². The molecule has 0 fully saturated rings. The maximum Gasteiger partial charge on any atom is 0.238 e. The summed E-state index contributed by atoms with van der Waals surface area (Å²) in [5.74, 6) is -1.35. The molecule has 130 valence electrons. The molecule has 0 aromatic heterocycles. The van der Waals surface area contributed by atoms with E-state index in [9.17, 15) is 14.0 Å². The average Bonchev–Trinajstić information content (AvgIpc) is 2.57. The molecule has 0 saturated carbocycles. The second-order valence-corrected chi connectivity index (χ2v) is 6.38. The molecule has 1 aliphatic rings. The van der Waals surface area contributed by atoms with Crippen LogP contribution in [0.1, 0.15) is 11.1 Å². The van der Waals surface area contributed by atoms with Crippen molar-refractivity contribution in [3.05, 3.63) is 64.4 Å². The van der Waals surface area contributed by atoms with Crippen molar-refractivity contribution in [2.45, 2.75) is 19.0 Å². The Morgan fingerprint density at radius 2 is 1.96 bits per heavy atom. The molecule has 0 saturated heterocycles. The number of hydrogen-bond donors (Lipinski definition) is 2. The predicted octanol–water partition coefficient (Wildman–Crippen LogP) is 2.33. The van der Waals surface area contributed by atoms with E-state index < -0.39 is 17.8 Å². The average molecular weight is 362 g/mol. The smallest absolute Gasteiger partial charge is 0.238 e. The topological polar surface area (TPSA) is 75.4 Å². The summed E-state index contributed by atoms with van der Waals surface area (Å²) in [7, 11) is 0. The quantitative estimate of drug-likeness (QED) is 0.877. The number of amides is 2. The first kappa shape index (κ1) is 17.4. The lowest BCUT2D eigenvalue weighted by Crippen LogP contribution is -2.50. The van der Waals surface area contributed by atoms with E-state index in [1.165, 1.54) is 18.2 Å².